The van der Waals surface area contributed by atoms with Gasteiger partial charge in [-0.2, -0.15) is 15.8 Å². The van der Waals surface area contributed by atoms with Crippen molar-refractivity contribution in [3.05, 3.63) is 48.7 Å². The van der Waals surface area contributed by atoms with Crippen molar-refractivity contribution in [2.45, 2.75) is 10.1 Å². The maximum absolute atomic E-state index is 10.8. The van der Waals surface area contributed by atoms with E-state index in [2.05, 4.69) is 15.0 Å². The Labute approximate surface area is 159 Å². The van der Waals surface area contributed by atoms with Crippen LogP contribution in [0, 0.1) is 44.1 Å². The smallest absolute Gasteiger partial charge is 0.258 e. The fourth-order valence-electron chi connectivity index (χ4n) is 1.90. The van der Waals surface area contributed by atoms with Crippen molar-refractivity contribution < 1.29 is 4.92 Å². The summed E-state index contributed by atoms with van der Waals surface area (Å²) in [6.07, 6.45) is 1.01. The lowest BCUT2D eigenvalue weighted by Gasteiger charge is -2.03. The highest BCUT2D eigenvalue weighted by Gasteiger charge is 2.28. The number of hydrogen-bond donors (Lipinski definition) is 0. The van der Waals surface area contributed by atoms with E-state index in [9.17, 15) is 15.4 Å². The van der Waals surface area contributed by atoms with Gasteiger partial charge in [-0.25, -0.2) is 15.0 Å². The third kappa shape index (κ3) is 3.05. The number of halogens is 1. The molecule has 0 N–H and O–H groups in total. The number of thioether (sulfide) groups is 2. The average molecular weight is 400 g/mol. The Morgan fingerprint density at radius 3 is 2.15 bits per heavy atom. The van der Waals surface area contributed by atoms with Crippen molar-refractivity contribution in [2.24, 2.45) is 0 Å². The van der Waals surface area contributed by atoms with Gasteiger partial charge in [0.1, 0.15) is 40.2 Å². The highest BCUT2D eigenvalue weighted by molar-refractivity contribution is 8.24. The van der Waals surface area contributed by atoms with Crippen LogP contribution in [0.5, 0.6) is 0 Å². The van der Waals surface area contributed by atoms with Gasteiger partial charge in [0, 0.05) is 6.07 Å². The van der Waals surface area contributed by atoms with E-state index in [0.717, 1.165) is 35.8 Å². The summed E-state index contributed by atoms with van der Waals surface area (Å²) in [5, 5.41) is 39.1. The highest BCUT2D eigenvalue weighted by Crippen LogP contribution is 2.52. The van der Waals surface area contributed by atoms with Crippen LogP contribution in [-0.4, -0.2) is 19.9 Å². The largest absolute Gasteiger partial charge is 0.289 e. The van der Waals surface area contributed by atoms with Gasteiger partial charge >= 0.3 is 0 Å². The van der Waals surface area contributed by atoms with E-state index in [1.165, 1.54) is 0 Å². The molecule has 2 aromatic heterocycles. The van der Waals surface area contributed by atoms with Crippen LogP contribution in [0.2, 0.25) is 5.02 Å². The topological polar surface area (TPSA) is 153 Å². The van der Waals surface area contributed by atoms with Crippen LogP contribution in [0.15, 0.2) is 26.6 Å². The molecule has 12 heteroatoms. The molecule has 3 rings (SSSR count). The zero-order valence-corrected chi connectivity index (χ0v) is 14.7. The first-order valence-corrected chi connectivity index (χ1v) is 8.52. The summed E-state index contributed by atoms with van der Waals surface area (Å²) < 4.78 is 0.449. The number of nitro groups is 1. The number of hydrogen-bond acceptors (Lipinski definition) is 10. The van der Waals surface area contributed by atoms with Gasteiger partial charge in [-0.3, -0.25) is 10.1 Å². The molecular weight excluding hydrogens is 398 g/mol. The number of fused-ring (bicyclic) bond motifs is 1. The van der Waals surface area contributed by atoms with E-state index in [1.54, 1.807) is 12.1 Å². The molecule has 0 aromatic carbocycles. The Bertz CT molecular complexity index is 1080. The number of pyridine rings is 1. The molecule has 0 atom stereocenters. The second-order valence-corrected chi connectivity index (χ2v) is 7.18. The Morgan fingerprint density at radius 1 is 1.15 bits per heavy atom. The molecule has 124 valence electrons. The molecule has 0 amide bonds. The maximum atomic E-state index is 10.8. The first-order chi connectivity index (χ1) is 12.5. The molecule has 0 unspecified atom stereocenters. The van der Waals surface area contributed by atoms with Crippen LogP contribution in [0.1, 0.15) is 17.1 Å². The predicted molar refractivity (Wildman–Crippen MR) is 91.6 cm³/mol. The minimum Gasteiger partial charge on any atom is -0.258 e. The molecule has 0 aliphatic carbocycles. The third-order valence-electron chi connectivity index (χ3n) is 3.01. The number of allylic oxidation sites excluding steroid dienone is 1. The van der Waals surface area contributed by atoms with Crippen LogP contribution < -0.4 is 0 Å². The van der Waals surface area contributed by atoms with Crippen molar-refractivity contribution >= 4 is 46.4 Å². The molecule has 9 nitrogen and oxygen atoms in total. The van der Waals surface area contributed by atoms with Crippen molar-refractivity contribution in [1.82, 2.24) is 15.0 Å². The summed E-state index contributed by atoms with van der Waals surface area (Å²) in [4.78, 5) is 22.2. The average Bonchev–Trinajstić information content (AvgIpc) is 3.04. The fraction of sp³-hybridized carbons (Fsp3) is 0. The molecule has 26 heavy (non-hydrogen) atoms. The zero-order valence-electron chi connectivity index (χ0n) is 12.3. The SMILES string of the molecule is N#CC(=C1Sc2nc(C#N)c(C#N)nc2S1)c1ncc([N+](=O)[O-])cc1Cl. The quantitative estimate of drug-likeness (QED) is 0.417. The Kier molecular flexibility index (Phi) is 4.74. The fourth-order valence-corrected chi connectivity index (χ4v) is 4.42. The third-order valence-corrected chi connectivity index (χ3v) is 5.67. The molecule has 3 heterocycles. The molecular formula is C14H2ClN7O2S2. The molecule has 0 radical (unpaired) electrons. The Hall–Kier alpha value is -3.17. The normalized spacial score (nSPS) is 11.8. The standard InChI is InChI=1S/C14H2ClN7O2S2/c15-8-1-6(22(23)24)5-19-11(8)7(2-16)14-25-12-13(26-14)21-10(4-18)9(3-17)20-12/h1,5H. The van der Waals surface area contributed by atoms with Gasteiger partial charge in [0.15, 0.2) is 11.4 Å². The summed E-state index contributed by atoms with van der Waals surface area (Å²) in [6.45, 7) is 0. The van der Waals surface area contributed by atoms with Gasteiger partial charge in [-0.15, -0.1) is 0 Å². The van der Waals surface area contributed by atoms with Crippen molar-refractivity contribution in [3.63, 3.8) is 0 Å². The summed E-state index contributed by atoms with van der Waals surface area (Å²) in [7, 11) is 0. The molecule has 0 spiro atoms. The van der Waals surface area contributed by atoms with E-state index in [-0.39, 0.29) is 33.4 Å². The van der Waals surface area contributed by atoms with Crippen molar-refractivity contribution in [3.8, 4) is 18.2 Å². The molecule has 0 bridgehead atoms. The lowest BCUT2D eigenvalue weighted by molar-refractivity contribution is -0.385. The van der Waals surface area contributed by atoms with Gasteiger partial charge in [-0.1, -0.05) is 35.1 Å². The number of nitrogens with zero attached hydrogens (tertiary/aromatic N) is 7. The van der Waals surface area contributed by atoms with E-state index in [1.807, 2.05) is 6.07 Å². The lowest BCUT2D eigenvalue weighted by Crippen LogP contribution is -1.96. The lowest BCUT2D eigenvalue weighted by atomic mass is 10.2. The van der Waals surface area contributed by atoms with Crippen LogP contribution in [0.3, 0.4) is 0 Å². The van der Waals surface area contributed by atoms with Crippen LogP contribution in [-0.2, 0) is 0 Å². The van der Waals surface area contributed by atoms with Gasteiger partial charge in [0.05, 0.1) is 19.8 Å². The Morgan fingerprint density at radius 2 is 1.73 bits per heavy atom. The molecule has 0 saturated carbocycles. The monoisotopic (exact) mass is 399 g/mol. The molecule has 1 aliphatic heterocycles. The molecule has 1 aliphatic rings. The van der Waals surface area contributed by atoms with E-state index in [0.29, 0.717) is 14.3 Å². The molecule has 0 saturated heterocycles. The first kappa shape index (κ1) is 17.6. The van der Waals surface area contributed by atoms with Crippen LogP contribution in [0.4, 0.5) is 5.69 Å². The Balaban J connectivity index is 2.08. The van der Waals surface area contributed by atoms with Gasteiger partial charge in [-0.05, 0) is 0 Å². The maximum Gasteiger partial charge on any atom is 0.289 e. The summed E-state index contributed by atoms with van der Waals surface area (Å²) in [6, 6.07) is 6.68. The highest BCUT2D eigenvalue weighted by atomic mass is 35.5. The van der Waals surface area contributed by atoms with E-state index >= 15 is 0 Å². The number of nitriles is 3. The van der Waals surface area contributed by atoms with E-state index in [4.69, 9.17) is 22.1 Å². The summed E-state index contributed by atoms with van der Waals surface area (Å²) in [5.74, 6) is 0. The van der Waals surface area contributed by atoms with Crippen LogP contribution >= 0.6 is 35.1 Å². The van der Waals surface area contributed by atoms with Crippen molar-refractivity contribution in [1.29, 1.82) is 15.8 Å². The van der Waals surface area contributed by atoms with Gasteiger partial charge in [0.2, 0.25) is 0 Å². The second-order valence-electron chi connectivity index (χ2n) is 4.51. The minimum absolute atomic E-state index is 0.0447. The molecule has 2 aromatic rings. The summed E-state index contributed by atoms with van der Waals surface area (Å²) in [5.41, 5.74) is -0.326. The van der Waals surface area contributed by atoms with Crippen LogP contribution in [0.25, 0.3) is 5.57 Å². The van der Waals surface area contributed by atoms with Crippen molar-refractivity contribution in [2.75, 3.05) is 0 Å². The minimum atomic E-state index is -0.641. The predicted octanol–water partition coefficient (Wildman–Crippen LogP) is 3.27. The molecule has 0 fully saturated rings. The summed E-state index contributed by atoms with van der Waals surface area (Å²) >= 11 is 8.21. The number of aromatic nitrogens is 3. The van der Waals surface area contributed by atoms with E-state index < -0.39 is 4.92 Å². The zero-order chi connectivity index (χ0) is 18.8. The number of rotatable bonds is 2. The van der Waals surface area contributed by atoms with Gasteiger partial charge < -0.3 is 0 Å². The first-order valence-electron chi connectivity index (χ1n) is 6.51. The second kappa shape index (κ2) is 6.98. The van der Waals surface area contributed by atoms with Gasteiger partial charge in [0.25, 0.3) is 5.69 Å².